The number of unbranched alkanes of at least 4 members (excludes halogenated alkanes) is 1. The standard InChI is InChI=1S/C23H37NO2Si/c1-23(2,3)27(5,6)26-17-11-10-14-20-15-16-21(24(4)22(20)25)18-19-12-8-7-9-13-19/h7-9,12-13,15-16,20-21H,10-11,14,17-18H2,1-6H3/t20-,21-/m1/s1. The molecule has 0 bridgehead atoms. The number of hydrogen-bond donors (Lipinski definition) is 0. The Morgan fingerprint density at radius 1 is 1.07 bits per heavy atom. The van der Waals surface area contributed by atoms with Crippen LogP contribution in [0.2, 0.25) is 18.1 Å². The van der Waals surface area contributed by atoms with Crippen molar-refractivity contribution in [1.82, 2.24) is 4.90 Å². The molecular weight excluding hydrogens is 350 g/mol. The van der Waals surface area contributed by atoms with Crippen LogP contribution in [0.4, 0.5) is 0 Å². The molecule has 4 heteroatoms. The zero-order valence-corrected chi connectivity index (χ0v) is 19.0. The molecule has 0 unspecified atom stereocenters. The SMILES string of the molecule is CN1C(=O)[C@H](CCCCO[Si](C)(C)C(C)(C)C)C=C[C@@H]1Cc1ccccc1. The fourth-order valence-electron chi connectivity index (χ4n) is 3.19. The van der Waals surface area contributed by atoms with Crippen LogP contribution < -0.4 is 0 Å². The van der Waals surface area contributed by atoms with E-state index < -0.39 is 8.32 Å². The predicted octanol–water partition coefficient (Wildman–Crippen LogP) is 5.43. The van der Waals surface area contributed by atoms with Crippen molar-refractivity contribution in [2.24, 2.45) is 5.92 Å². The maximum absolute atomic E-state index is 12.7. The van der Waals surface area contributed by atoms with Gasteiger partial charge in [0.25, 0.3) is 0 Å². The Morgan fingerprint density at radius 3 is 2.37 bits per heavy atom. The highest BCUT2D eigenvalue weighted by Crippen LogP contribution is 2.36. The van der Waals surface area contributed by atoms with Crippen molar-refractivity contribution >= 4 is 14.2 Å². The van der Waals surface area contributed by atoms with E-state index in [0.29, 0.717) is 0 Å². The van der Waals surface area contributed by atoms with Crippen molar-refractivity contribution in [3.8, 4) is 0 Å². The second-order valence-electron chi connectivity index (χ2n) is 9.30. The molecule has 0 aliphatic carbocycles. The summed E-state index contributed by atoms with van der Waals surface area (Å²) in [6.45, 7) is 12.2. The summed E-state index contributed by atoms with van der Waals surface area (Å²) in [6, 6.07) is 10.6. The van der Waals surface area contributed by atoms with E-state index in [0.717, 1.165) is 32.3 Å². The van der Waals surface area contributed by atoms with Gasteiger partial charge in [0.05, 0.1) is 12.0 Å². The fourth-order valence-corrected chi connectivity index (χ4v) is 4.28. The van der Waals surface area contributed by atoms with Crippen molar-refractivity contribution in [2.45, 2.75) is 70.6 Å². The molecule has 1 aromatic carbocycles. The molecule has 0 radical (unpaired) electrons. The third kappa shape index (κ3) is 6.05. The van der Waals surface area contributed by atoms with Crippen LogP contribution in [-0.4, -0.2) is 38.8 Å². The molecule has 1 heterocycles. The summed E-state index contributed by atoms with van der Waals surface area (Å²) in [5, 5.41) is 0.256. The van der Waals surface area contributed by atoms with E-state index in [2.05, 4.69) is 70.3 Å². The maximum atomic E-state index is 12.7. The summed E-state index contributed by atoms with van der Waals surface area (Å²) in [5.74, 6) is 0.277. The molecule has 3 nitrogen and oxygen atoms in total. The lowest BCUT2D eigenvalue weighted by molar-refractivity contribution is -0.135. The van der Waals surface area contributed by atoms with Gasteiger partial charge in [-0.05, 0) is 43.0 Å². The van der Waals surface area contributed by atoms with Crippen LogP contribution in [0.15, 0.2) is 42.5 Å². The Labute approximate surface area is 166 Å². The average molecular weight is 388 g/mol. The Kier molecular flexibility index (Phi) is 7.46. The van der Waals surface area contributed by atoms with Crippen molar-refractivity contribution in [3.05, 3.63) is 48.0 Å². The van der Waals surface area contributed by atoms with Gasteiger partial charge in [-0.3, -0.25) is 4.79 Å². The molecular formula is C23H37NO2Si. The Bertz CT molecular complexity index is 634. The Morgan fingerprint density at radius 2 is 1.74 bits per heavy atom. The van der Waals surface area contributed by atoms with Crippen LogP contribution in [0.25, 0.3) is 0 Å². The molecule has 1 aliphatic rings. The number of benzene rings is 1. The van der Waals surface area contributed by atoms with Gasteiger partial charge >= 0.3 is 0 Å². The molecule has 0 N–H and O–H groups in total. The third-order valence-corrected chi connectivity index (χ3v) is 10.7. The molecule has 2 rings (SSSR count). The lowest BCUT2D eigenvalue weighted by atomic mass is 9.92. The van der Waals surface area contributed by atoms with Crippen LogP contribution in [0.5, 0.6) is 0 Å². The molecule has 0 fully saturated rings. The minimum absolute atomic E-state index is 0.0231. The first-order chi connectivity index (χ1) is 12.6. The lowest BCUT2D eigenvalue weighted by Crippen LogP contribution is -2.43. The van der Waals surface area contributed by atoms with E-state index in [-0.39, 0.29) is 22.9 Å². The predicted molar refractivity (Wildman–Crippen MR) is 116 cm³/mol. The zero-order chi connectivity index (χ0) is 20.1. The van der Waals surface area contributed by atoms with Gasteiger partial charge in [0.15, 0.2) is 8.32 Å². The summed E-state index contributed by atoms with van der Waals surface area (Å²) < 4.78 is 6.24. The molecule has 1 amide bonds. The van der Waals surface area contributed by atoms with E-state index in [1.165, 1.54) is 5.56 Å². The molecule has 27 heavy (non-hydrogen) atoms. The summed E-state index contributed by atoms with van der Waals surface area (Å²) in [4.78, 5) is 14.7. The van der Waals surface area contributed by atoms with Gasteiger partial charge in [-0.1, -0.05) is 69.7 Å². The Hall–Kier alpha value is -1.39. The topological polar surface area (TPSA) is 29.5 Å². The first-order valence-corrected chi connectivity index (χ1v) is 13.2. The number of hydrogen-bond acceptors (Lipinski definition) is 2. The van der Waals surface area contributed by atoms with Crippen LogP contribution in [0.3, 0.4) is 0 Å². The number of amides is 1. The summed E-state index contributed by atoms with van der Waals surface area (Å²) in [6.07, 6.45) is 8.20. The summed E-state index contributed by atoms with van der Waals surface area (Å²) in [5.41, 5.74) is 1.27. The van der Waals surface area contributed by atoms with Gasteiger partial charge in [-0.25, -0.2) is 0 Å². The number of nitrogens with zero attached hydrogens (tertiary/aromatic N) is 1. The minimum atomic E-state index is -1.65. The van der Waals surface area contributed by atoms with Crippen LogP contribution in [0, 0.1) is 5.92 Å². The monoisotopic (exact) mass is 387 g/mol. The van der Waals surface area contributed by atoms with Crippen LogP contribution >= 0.6 is 0 Å². The van der Waals surface area contributed by atoms with Crippen molar-refractivity contribution in [1.29, 1.82) is 0 Å². The number of likely N-dealkylation sites (N-methyl/N-ethyl adjacent to an activating group) is 1. The lowest BCUT2D eigenvalue weighted by Gasteiger charge is -2.36. The molecule has 0 saturated heterocycles. The van der Waals surface area contributed by atoms with Gasteiger partial charge in [-0.15, -0.1) is 0 Å². The second-order valence-corrected chi connectivity index (χ2v) is 14.1. The quantitative estimate of drug-likeness (QED) is 0.338. The zero-order valence-electron chi connectivity index (χ0n) is 18.0. The highest BCUT2D eigenvalue weighted by Gasteiger charge is 2.36. The van der Waals surface area contributed by atoms with E-state index in [1.807, 2.05) is 18.0 Å². The fraction of sp³-hybridized carbons (Fsp3) is 0.609. The normalized spacial score (nSPS) is 21.0. The molecule has 2 atom stereocenters. The first kappa shape index (κ1) is 21.9. The highest BCUT2D eigenvalue weighted by atomic mass is 28.4. The number of carbonyl (C=O) groups excluding carboxylic acids is 1. The number of carbonyl (C=O) groups is 1. The molecule has 0 aromatic heterocycles. The van der Waals surface area contributed by atoms with Gasteiger partial charge in [0.2, 0.25) is 5.91 Å². The first-order valence-electron chi connectivity index (χ1n) is 10.2. The van der Waals surface area contributed by atoms with Crippen LogP contribution in [-0.2, 0) is 15.6 Å². The second kappa shape index (κ2) is 9.20. The van der Waals surface area contributed by atoms with Crippen LogP contribution in [0.1, 0.15) is 45.6 Å². The molecule has 150 valence electrons. The van der Waals surface area contributed by atoms with Gasteiger partial charge in [0.1, 0.15) is 0 Å². The smallest absolute Gasteiger partial charge is 0.229 e. The van der Waals surface area contributed by atoms with Gasteiger partial charge in [-0.2, -0.15) is 0 Å². The molecule has 1 aromatic rings. The number of rotatable bonds is 8. The van der Waals surface area contributed by atoms with E-state index in [4.69, 9.17) is 4.43 Å². The summed E-state index contributed by atoms with van der Waals surface area (Å²) >= 11 is 0. The largest absolute Gasteiger partial charge is 0.417 e. The van der Waals surface area contributed by atoms with Crippen molar-refractivity contribution < 1.29 is 9.22 Å². The molecule has 0 spiro atoms. The Balaban J connectivity index is 1.78. The average Bonchev–Trinajstić information content (AvgIpc) is 2.60. The third-order valence-electron chi connectivity index (χ3n) is 6.19. The molecule has 0 saturated carbocycles. The van der Waals surface area contributed by atoms with E-state index >= 15 is 0 Å². The van der Waals surface area contributed by atoms with E-state index in [9.17, 15) is 4.79 Å². The van der Waals surface area contributed by atoms with Gasteiger partial charge < -0.3 is 9.33 Å². The minimum Gasteiger partial charge on any atom is -0.417 e. The van der Waals surface area contributed by atoms with Crippen molar-refractivity contribution in [2.75, 3.05) is 13.7 Å². The molecule has 1 aliphatic heterocycles. The van der Waals surface area contributed by atoms with Gasteiger partial charge in [0, 0.05) is 13.7 Å². The summed E-state index contributed by atoms with van der Waals surface area (Å²) in [7, 11) is 0.283. The van der Waals surface area contributed by atoms with E-state index in [1.54, 1.807) is 0 Å². The van der Waals surface area contributed by atoms with Crippen molar-refractivity contribution in [3.63, 3.8) is 0 Å². The maximum Gasteiger partial charge on any atom is 0.229 e. The highest BCUT2D eigenvalue weighted by molar-refractivity contribution is 6.74.